The van der Waals surface area contributed by atoms with Crippen molar-refractivity contribution in [2.75, 3.05) is 26.3 Å². The number of nitrogens with zero attached hydrogens (tertiary/aromatic N) is 2. The molecule has 0 radical (unpaired) electrons. The number of H-pyrrole nitrogens is 1. The van der Waals surface area contributed by atoms with Gasteiger partial charge in [-0.25, -0.2) is 4.39 Å². The quantitative estimate of drug-likeness (QED) is 0.919. The molecule has 1 aromatic heterocycles. The van der Waals surface area contributed by atoms with Crippen molar-refractivity contribution in [1.29, 1.82) is 0 Å². The average Bonchev–Trinajstić information content (AvgIpc) is 2.89. The molecular formula is C14H16FN3O. The Labute approximate surface area is 111 Å². The summed E-state index contributed by atoms with van der Waals surface area (Å²) in [4.78, 5) is 2.33. The van der Waals surface area contributed by atoms with Gasteiger partial charge >= 0.3 is 0 Å². The molecule has 1 fully saturated rings. The monoisotopic (exact) mass is 261 g/mol. The molecule has 1 aliphatic heterocycles. The van der Waals surface area contributed by atoms with Gasteiger partial charge in [-0.05, 0) is 24.3 Å². The van der Waals surface area contributed by atoms with E-state index in [0.29, 0.717) is 0 Å². The van der Waals surface area contributed by atoms with Crippen LogP contribution in [-0.2, 0) is 11.3 Å². The Morgan fingerprint density at radius 1 is 1.21 bits per heavy atom. The highest BCUT2D eigenvalue weighted by atomic mass is 19.1. The van der Waals surface area contributed by atoms with Crippen LogP contribution in [0.2, 0.25) is 0 Å². The zero-order valence-electron chi connectivity index (χ0n) is 10.6. The number of ether oxygens (including phenoxy) is 1. The van der Waals surface area contributed by atoms with Gasteiger partial charge in [-0.2, -0.15) is 5.10 Å². The van der Waals surface area contributed by atoms with E-state index in [9.17, 15) is 4.39 Å². The van der Waals surface area contributed by atoms with Crippen LogP contribution in [-0.4, -0.2) is 41.4 Å². The molecule has 1 N–H and O–H groups in total. The summed E-state index contributed by atoms with van der Waals surface area (Å²) in [5, 5.41) is 7.11. The molecule has 0 spiro atoms. The zero-order valence-corrected chi connectivity index (χ0v) is 10.6. The zero-order chi connectivity index (χ0) is 13.1. The van der Waals surface area contributed by atoms with Crippen LogP contribution in [0.1, 0.15) is 5.56 Å². The predicted molar refractivity (Wildman–Crippen MR) is 70.1 cm³/mol. The van der Waals surface area contributed by atoms with Crippen LogP contribution in [0.25, 0.3) is 11.3 Å². The lowest BCUT2D eigenvalue weighted by molar-refractivity contribution is 0.0342. The Bertz CT molecular complexity index is 532. The smallest absolute Gasteiger partial charge is 0.123 e. The van der Waals surface area contributed by atoms with Crippen molar-refractivity contribution >= 4 is 0 Å². The summed E-state index contributed by atoms with van der Waals surface area (Å²) in [7, 11) is 0. The summed E-state index contributed by atoms with van der Waals surface area (Å²) in [6.45, 7) is 4.28. The van der Waals surface area contributed by atoms with Crippen LogP contribution < -0.4 is 0 Å². The molecule has 2 heterocycles. The summed E-state index contributed by atoms with van der Waals surface area (Å²) in [6, 6.07) is 6.47. The lowest BCUT2D eigenvalue weighted by Crippen LogP contribution is -2.35. The van der Waals surface area contributed by atoms with Gasteiger partial charge < -0.3 is 4.74 Å². The third-order valence-corrected chi connectivity index (χ3v) is 3.35. The third kappa shape index (κ3) is 2.83. The summed E-state index contributed by atoms with van der Waals surface area (Å²) >= 11 is 0. The molecule has 0 aliphatic carbocycles. The summed E-state index contributed by atoms with van der Waals surface area (Å²) < 4.78 is 18.3. The first-order valence-corrected chi connectivity index (χ1v) is 6.41. The van der Waals surface area contributed by atoms with Crippen LogP contribution in [0.5, 0.6) is 0 Å². The lowest BCUT2D eigenvalue weighted by atomic mass is 10.1. The number of rotatable bonds is 3. The molecule has 19 heavy (non-hydrogen) atoms. The first-order chi connectivity index (χ1) is 9.33. The largest absolute Gasteiger partial charge is 0.379 e. The fourth-order valence-electron chi connectivity index (χ4n) is 2.30. The molecule has 0 amide bonds. The van der Waals surface area contributed by atoms with Gasteiger partial charge in [-0.3, -0.25) is 10.00 Å². The molecule has 1 saturated heterocycles. The fraction of sp³-hybridized carbons (Fsp3) is 0.357. The Morgan fingerprint density at radius 2 is 1.95 bits per heavy atom. The number of morpholine rings is 1. The van der Waals surface area contributed by atoms with Crippen molar-refractivity contribution in [3.8, 4) is 11.3 Å². The van der Waals surface area contributed by atoms with Crippen molar-refractivity contribution in [3.05, 3.63) is 41.8 Å². The van der Waals surface area contributed by atoms with E-state index >= 15 is 0 Å². The van der Waals surface area contributed by atoms with E-state index < -0.39 is 0 Å². The molecule has 3 rings (SSSR count). The molecule has 0 unspecified atom stereocenters. The van der Waals surface area contributed by atoms with Gasteiger partial charge in [-0.15, -0.1) is 0 Å². The van der Waals surface area contributed by atoms with Crippen LogP contribution in [0.15, 0.2) is 30.5 Å². The summed E-state index contributed by atoms with van der Waals surface area (Å²) in [5.41, 5.74) is 3.06. The molecule has 2 aromatic rings. The van der Waals surface area contributed by atoms with Crippen LogP contribution in [0.4, 0.5) is 4.39 Å². The van der Waals surface area contributed by atoms with E-state index in [1.54, 1.807) is 12.1 Å². The Morgan fingerprint density at radius 3 is 2.68 bits per heavy atom. The second-order valence-corrected chi connectivity index (χ2v) is 4.67. The standard InChI is InChI=1S/C14H16FN3O/c15-13-3-1-11(2-4-13)14-12(9-16-17-14)10-18-5-7-19-8-6-18/h1-4,9H,5-8,10H2,(H,16,17). The number of hydrogen-bond donors (Lipinski definition) is 1. The number of hydrogen-bond acceptors (Lipinski definition) is 3. The number of aromatic nitrogens is 2. The Hall–Kier alpha value is -1.72. The van der Waals surface area contributed by atoms with Crippen LogP contribution in [0, 0.1) is 5.82 Å². The highest BCUT2D eigenvalue weighted by Crippen LogP contribution is 2.22. The van der Waals surface area contributed by atoms with E-state index in [0.717, 1.165) is 49.7 Å². The van der Waals surface area contributed by atoms with Gasteiger partial charge in [0, 0.05) is 30.8 Å². The minimum Gasteiger partial charge on any atom is -0.379 e. The molecule has 0 atom stereocenters. The first kappa shape index (κ1) is 12.3. The van der Waals surface area contributed by atoms with E-state index in [1.165, 1.54) is 12.1 Å². The lowest BCUT2D eigenvalue weighted by Gasteiger charge is -2.26. The summed E-state index contributed by atoms with van der Waals surface area (Å²) in [5.74, 6) is -0.224. The molecule has 0 saturated carbocycles. The third-order valence-electron chi connectivity index (χ3n) is 3.35. The van der Waals surface area contributed by atoms with Crippen molar-refractivity contribution < 1.29 is 9.13 Å². The summed E-state index contributed by atoms with van der Waals surface area (Å²) in [6.07, 6.45) is 1.84. The normalized spacial score (nSPS) is 16.7. The highest BCUT2D eigenvalue weighted by molar-refractivity contribution is 5.62. The maximum atomic E-state index is 13.0. The second kappa shape index (κ2) is 5.50. The first-order valence-electron chi connectivity index (χ1n) is 6.41. The topological polar surface area (TPSA) is 41.2 Å². The molecule has 100 valence electrons. The molecule has 4 nitrogen and oxygen atoms in total. The fourth-order valence-corrected chi connectivity index (χ4v) is 2.30. The van der Waals surface area contributed by atoms with Gasteiger partial charge in [0.1, 0.15) is 5.82 Å². The van der Waals surface area contributed by atoms with Crippen molar-refractivity contribution in [1.82, 2.24) is 15.1 Å². The number of benzene rings is 1. The Balaban J connectivity index is 1.79. The van der Waals surface area contributed by atoms with E-state index in [4.69, 9.17) is 4.74 Å². The average molecular weight is 261 g/mol. The molecule has 0 bridgehead atoms. The highest BCUT2D eigenvalue weighted by Gasteiger charge is 2.14. The van der Waals surface area contributed by atoms with Crippen molar-refractivity contribution in [2.45, 2.75) is 6.54 Å². The van der Waals surface area contributed by atoms with Gasteiger partial charge in [0.15, 0.2) is 0 Å². The SMILES string of the molecule is Fc1ccc(-c2[nH]ncc2CN2CCOCC2)cc1. The minimum atomic E-state index is -0.224. The molecule has 1 aromatic carbocycles. The molecule has 5 heteroatoms. The maximum absolute atomic E-state index is 13.0. The maximum Gasteiger partial charge on any atom is 0.123 e. The molecule has 1 aliphatic rings. The van der Waals surface area contributed by atoms with Gasteiger partial charge in [0.05, 0.1) is 25.1 Å². The number of nitrogens with one attached hydrogen (secondary N) is 1. The second-order valence-electron chi connectivity index (χ2n) is 4.67. The predicted octanol–water partition coefficient (Wildman–Crippen LogP) is 2.05. The number of halogens is 1. The van der Waals surface area contributed by atoms with E-state index in [1.807, 2.05) is 6.20 Å². The van der Waals surface area contributed by atoms with Crippen molar-refractivity contribution in [2.24, 2.45) is 0 Å². The van der Waals surface area contributed by atoms with Gasteiger partial charge in [-0.1, -0.05) is 0 Å². The van der Waals surface area contributed by atoms with Crippen LogP contribution in [0.3, 0.4) is 0 Å². The van der Waals surface area contributed by atoms with Gasteiger partial charge in [0.2, 0.25) is 0 Å². The van der Waals surface area contributed by atoms with Crippen molar-refractivity contribution in [3.63, 3.8) is 0 Å². The van der Waals surface area contributed by atoms with Gasteiger partial charge in [0.25, 0.3) is 0 Å². The van der Waals surface area contributed by atoms with Crippen LogP contribution >= 0.6 is 0 Å². The van der Waals surface area contributed by atoms with E-state index in [2.05, 4.69) is 15.1 Å². The number of aromatic amines is 1. The van der Waals surface area contributed by atoms with E-state index in [-0.39, 0.29) is 5.82 Å². The minimum absolute atomic E-state index is 0.224. The Kier molecular flexibility index (Phi) is 3.57. The molecular weight excluding hydrogens is 245 g/mol.